The van der Waals surface area contributed by atoms with Gasteiger partial charge in [0.25, 0.3) is 0 Å². The van der Waals surface area contributed by atoms with E-state index in [4.69, 9.17) is 0 Å². The minimum absolute atomic E-state index is 0.0302. The zero-order valence-corrected chi connectivity index (χ0v) is 14.9. The Hall–Kier alpha value is -0.660. The van der Waals surface area contributed by atoms with Crippen LogP contribution < -0.4 is 0 Å². The van der Waals surface area contributed by atoms with Gasteiger partial charge >= 0.3 is 0 Å². The Morgan fingerprint density at radius 2 is 1.61 bits per heavy atom. The lowest BCUT2D eigenvalue weighted by Gasteiger charge is -2.35. The van der Waals surface area contributed by atoms with Crippen LogP contribution in [0, 0.1) is 0 Å². The van der Waals surface area contributed by atoms with E-state index in [-0.39, 0.29) is 11.7 Å². The van der Waals surface area contributed by atoms with Crippen LogP contribution in [0.4, 0.5) is 0 Å². The number of rotatable bonds is 5. The third kappa shape index (κ3) is 3.88. The van der Waals surface area contributed by atoms with E-state index in [0.717, 1.165) is 13.0 Å². The zero-order valence-electron chi connectivity index (χ0n) is 14.1. The molecule has 0 aromatic carbocycles. The third-order valence-electron chi connectivity index (χ3n) is 5.74. The van der Waals surface area contributed by atoms with Crippen LogP contribution in [0.2, 0.25) is 0 Å². The van der Waals surface area contributed by atoms with Crippen LogP contribution in [0.5, 0.6) is 0 Å². The van der Waals surface area contributed by atoms with E-state index in [1.54, 1.807) is 9.21 Å². The van der Waals surface area contributed by atoms with E-state index >= 15 is 0 Å². The van der Waals surface area contributed by atoms with Gasteiger partial charge in [0.15, 0.2) is 0 Å². The number of nitrogens with zero attached hydrogens (tertiary/aromatic N) is 3. The molecule has 3 aliphatic rings. The molecule has 0 radical (unpaired) electrons. The van der Waals surface area contributed by atoms with Crippen LogP contribution in [-0.4, -0.2) is 79.0 Å². The van der Waals surface area contributed by atoms with E-state index in [1.165, 1.54) is 39.0 Å². The van der Waals surface area contributed by atoms with Crippen molar-refractivity contribution >= 4 is 15.9 Å². The van der Waals surface area contributed by atoms with E-state index in [9.17, 15) is 13.2 Å². The first-order valence-electron chi connectivity index (χ1n) is 8.96. The summed E-state index contributed by atoms with van der Waals surface area (Å²) in [5.41, 5.74) is 0. The number of piperidine rings is 1. The number of piperazine rings is 1. The molecule has 3 rings (SSSR count). The van der Waals surface area contributed by atoms with Gasteiger partial charge in [0.1, 0.15) is 0 Å². The Morgan fingerprint density at radius 3 is 2.17 bits per heavy atom. The molecule has 2 bridgehead atoms. The number of carbonyl (C=O) groups is 1. The molecule has 3 fully saturated rings. The van der Waals surface area contributed by atoms with Crippen LogP contribution in [0.25, 0.3) is 0 Å². The van der Waals surface area contributed by atoms with Gasteiger partial charge in [-0.05, 0) is 38.6 Å². The molecule has 0 unspecified atom stereocenters. The van der Waals surface area contributed by atoms with Gasteiger partial charge in [-0.25, -0.2) is 8.42 Å². The Morgan fingerprint density at radius 1 is 1.00 bits per heavy atom. The second-order valence-corrected chi connectivity index (χ2v) is 9.22. The standard InChI is InChI=1S/C16H29N3O3S/c1-14(20)17-9-11-18(12-10-17)23(21,22)13-3-8-19-15-4-2-5-16(19)7-6-15/h15-16H,2-13H2,1H3/t15-,16+. The molecule has 0 saturated carbocycles. The van der Waals surface area contributed by atoms with Crippen molar-refractivity contribution in [2.45, 2.75) is 57.5 Å². The quantitative estimate of drug-likeness (QED) is 0.744. The second kappa shape index (κ2) is 7.07. The fraction of sp³-hybridized carbons (Fsp3) is 0.938. The van der Waals surface area contributed by atoms with Gasteiger partial charge in [-0.2, -0.15) is 4.31 Å². The molecule has 132 valence electrons. The number of carbonyl (C=O) groups excluding carboxylic acids is 1. The maximum atomic E-state index is 12.5. The van der Waals surface area contributed by atoms with Gasteiger partial charge < -0.3 is 4.90 Å². The highest BCUT2D eigenvalue weighted by Gasteiger charge is 2.36. The van der Waals surface area contributed by atoms with Crippen LogP contribution in [0.15, 0.2) is 0 Å². The molecule has 1 amide bonds. The van der Waals surface area contributed by atoms with Crippen LogP contribution >= 0.6 is 0 Å². The lowest BCUT2D eigenvalue weighted by molar-refractivity contribution is -0.129. The van der Waals surface area contributed by atoms with Gasteiger partial charge in [0, 0.05) is 45.2 Å². The highest BCUT2D eigenvalue weighted by Crippen LogP contribution is 2.35. The fourth-order valence-corrected chi connectivity index (χ4v) is 5.90. The smallest absolute Gasteiger partial charge is 0.219 e. The predicted octanol–water partition coefficient (Wildman–Crippen LogP) is 0.887. The largest absolute Gasteiger partial charge is 0.340 e. The Labute approximate surface area is 139 Å². The van der Waals surface area contributed by atoms with Crippen molar-refractivity contribution in [2.75, 3.05) is 38.5 Å². The summed E-state index contributed by atoms with van der Waals surface area (Å²) in [7, 11) is -3.18. The summed E-state index contributed by atoms with van der Waals surface area (Å²) in [5.74, 6) is 0.269. The average Bonchev–Trinajstić information content (AvgIpc) is 2.75. The van der Waals surface area contributed by atoms with Crippen LogP contribution in [0.3, 0.4) is 0 Å². The molecule has 23 heavy (non-hydrogen) atoms. The monoisotopic (exact) mass is 343 g/mol. The van der Waals surface area contributed by atoms with E-state index in [0.29, 0.717) is 38.3 Å². The summed E-state index contributed by atoms with van der Waals surface area (Å²) < 4.78 is 26.5. The van der Waals surface area contributed by atoms with Crippen molar-refractivity contribution in [3.8, 4) is 0 Å². The van der Waals surface area contributed by atoms with Crippen LogP contribution in [0.1, 0.15) is 45.4 Å². The predicted molar refractivity (Wildman–Crippen MR) is 89.6 cm³/mol. The summed E-state index contributed by atoms with van der Waals surface area (Å²) in [6.45, 7) is 4.38. The minimum atomic E-state index is -3.18. The van der Waals surface area contributed by atoms with Crippen molar-refractivity contribution in [2.24, 2.45) is 0 Å². The summed E-state index contributed by atoms with van der Waals surface area (Å²) in [5, 5.41) is 0. The summed E-state index contributed by atoms with van der Waals surface area (Å²) in [6, 6.07) is 1.41. The molecular weight excluding hydrogens is 314 g/mol. The molecule has 2 atom stereocenters. The maximum absolute atomic E-state index is 12.5. The SMILES string of the molecule is CC(=O)N1CCN(S(=O)(=O)CCCN2[C@@H]3CCC[C@H]2CC3)CC1. The lowest BCUT2D eigenvalue weighted by atomic mass is 10.0. The van der Waals surface area contributed by atoms with Gasteiger partial charge in [0.05, 0.1) is 5.75 Å². The van der Waals surface area contributed by atoms with E-state index in [1.807, 2.05) is 0 Å². The summed E-state index contributed by atoms with van der Waals surface area (Å²) >= 11 is 0. The second-order valence-electron chi connectivity index (χ2n) is 7.13. The summed E-state index contributed by atoms with van der Waals surface area (Å²) in [6.07, 6.45) is 7.23. The van der Waals surface area contributed by atoms with Gasteiger partial charge in [-0.1, -0.05) is 6.42 Å². The molecule has 3 aliphatic heterocycles. The topological polar surface area (TPSA) is 60.9 Å². The lowest BCUT2D eigenvalue weighted by Crippen LogP contribution is -2.50. The van der Waals surface area contributed by atoms with Gasteiger partial charge in [-0.3, -0.25) is 9.69 Å². The Kier molecular flexibility index (Phi) is 5.28. The molecule has 0 N–H and O–H groups in total. The highest BCUT2D eigenvalue weighted by atomic mass is 32.2. The molecule has 0 aliphatic carbocycles. The number of sulfonamides is 1. The maximum Gasteiger partial charge on any atom is 0.219 e. The molecule has 3 heterocycles. The first-order chi connectivity index (χ1) is 11.0. The first kappa shape index (κ1) is 17.2. The molecule has 3 saturated heterocycles. The number of hydrogen-bond acceptors (Lipinski definition) is 4. The number of hydrogen-bond donors (Lipinski definition) is 0. The third-order valence-corrected chi connectivity index (χ3v) is 7.70. The van der Waals surface area contributed by atoms with Crippen molar-refractivity contribution in [1.29, 1.82) is 0 Å². The number of fused-ring (bicyclic) bond motifs is 2. The molecule has 7 heteroatoms. The molecule has 6 nitrogen and oxygen atoms in total. The van der Waals surface area contributed by atoms with E-state index in [2.05, 4.69) is 4.90 Å². The highest BCUT2D eigenvalue weighted by molar-refractivity contribution is 7.89. The van der Waals surface area contributed by atoms with Crippen LogP contribution in [-0.2, 0) is 14.8 Å². The summed E-state index contributed by atoms with van der Waals surface area (Å²) in [4.78, 5) is 15.6. The van der Waals surface area contributed by atoms with Gasteiger partial charge in [-0.15, -0.1) is 0 Å². The first-order valence-corrected chi connectivity index (χ1v) is 10.6. The Bertz CT molecular complexity index is 513. The average molecular weight is 343 g/mol. The van der Waals surface area contributed by atoms with Crippen molar-refractivity contribution < 1.29 is 13.2 Å². The van der Waals surface area contributed by atoms with Crippen molar-refractivity contribution in [3.63, 3.8) is 0 Å². The minimum Gasteiger partial charge on any atom is -0.340 e. The molecule has 0 spiro atoms. The molecular formula is C16H29N3O3S. The molecule has 0 aromatic rings. The Balaban J connectivity index is 1.45. The fourth-order valence-electron chi connectivity index (χ4n) is 4.43. The van der Waals surface area contributed by atoms with Crippen molar-refractivity contribution in [3.05, 3.63) is 0 Å². The normalized spacial score (nSPS) is 29.9. The number of amides is 1. The molecule has 0 aromatic heterocycles. The van der Waals surface area contributed by atoms with E-state index < -0.39 is 10.0 Å². The van der Waals surface area contributed by atoms with Crippen molar-refractivity contribution in [1.82, 2.24) is 14.1 Å². The zero-order chi connectivity index (χ0) is 16.4. The van der Waals surface area contributed by atoms with Gasteiger partial charge in [0.2, 0.25) is 15.9 Å².